The molecule has 0 aliphatic rings. The second-order valence-electron chi connectivity index (χ2n) is 3.82. The maximum atomic E-state index is 10.7. The van der Waals surface area contributed by atoms with E-state index in [0.717, 1.165) is 18.7 Å². The van der Waals surface area contributed by atoms with Crippen LogP contribution in [0.1, 0.15) is 25.5 Å². The molecule has 0 aromatic heterocycles. The van der Waals surface area contributed by atoms with Gasteiger partial charge in [-0.1, -0.05) is 26.0 Å². The highest BCUT2D eigenvalue weighted by atomic mass is 16.6. The molecule has 0 radical (unpaired) electrons. The van der Waals surface area contributed by atoms with Gasteiger partial charge in [0.05, 0.1) is 4.92 Å². The molecule has 2 N–H and O–H groups in total. The smallest absolute Gasteiger partial charge is 0.269 e. The first-order valence-electron chi connectivity index (χ1n) is 5.82. The summed E-state index contributed by atoms with van der Waals surface area (Å²) in [6.07, 6.45) is 0. The van der Waals surface area contributed by atoms with Crippen molar-refractivity contribution < 1.29 is 4.92 Å². The van der Waals surface area contributed by atoms with Crippen LogP contribution in [0.2, 0.25) is 0 Å². The number of nitro groups is 1. The van der Waals surface area contributed by atoms with Crippen LogP contribution in [0.5, 0.6) is 0 Å². The third kappa shape index (κ3) is 3.25. The van der Waals surface area contributed by atoms with E-state index in [2.05, 4.69) is 18.7 Å². The van der Waals surface area contributed by atoms with Crippen LogP contribution >= 0.6 is 0 Å². The van der Waals surface area contributed by atoms with Crippen LogP contribution in [0, 0.1) is 10.1 Å². The number of nitrogens with zero attached hydrogens (tertiary/aromatic N) is 2. The molecule has 1 rings (SSSR count). The quantitative estimate of drug-likeness (QED) is 0.606. The van der Waals surface area contributed by atoms with E-state index >= 15 is 0 Å². The SMILES string of the molecule is CCN(CC)C(CN)c1cccc([N+](=O)[O-])c1. The van der Waals surface area contributed by atoms with E-state index < -0.39 is 0 Å². The van der Waals surface area contributed by atoms with Crippen LogP contribution in [-0.4, -0.2) is 29.5 Å². The zero-order chi connectivity index (χ0) is 12.8. The third-order valence-electron chi connectivity index (χ3n) is 2.94. The normalized spacial score (nSPS) is 12.7. The van der Waals surface area contributed by atoms with Gasteiger partial charge in [0.25, 0.3) is 5.69 Å². The Morgan fingerprint density at radius 1 is 1.41 bits per heavy atom. The molecule has 1 aromatic carbocycles. The van der Waals surface area contributed by atoms with Crippen molar-refractivity contribution in [2.75, 3.05) is 19.6 Å². The summed E-state index contributed by atoms with van der Waals surface area (Å²) in [6, 6.07) is 6.75. The van der Waals surface area contributed by atoms with Crippen LogP contribution in [-0.2, 0) is 0 Å². The fraction of sp³-hybridized carbons (Fsp3) is 0.500. The van der Waals surface area contributed by atoms with Gasteiger partial charge >= 0.3 is 0 Å². The fourth-order valence-electron chi connectivity index (χ4n) is 2.01. The highest BCUT2D eigenvalue weighted by Gasteiger charge is 2.18. The maximum Gasteiger partial charge on any atom is 0.269 e. The highest BCUT2D eigenvalue weighted by Crippen LogP contribution is 2.23. The average Bonchev–Trinajstić information content (AvgIpc) is 2.35. The standard InChI is InChI=1S/C12H19N3O2/c1-3-14(4-2)12(9-13)10-6-5-7-11(8-10)15(16)17/h5-8,12H,3-4,9,13H2,1-2H3. The lowest BCUT2D eigenvalue weighted by Gasteiger charge is -2.28. The van der Waals surface area contributed by atoms with E-state index in [4.69, 9.17) is 5.73 Å². The van der Waals surface area contributed by atoms with Crippen LogP contribution in [0.25, 0.3) is 0 Å². The molecular formula is C12H19N3O2. The lowest BCUT2D eigenvalue weighted by Crippen LogP contribution is -2.33. The first-order valence-corrected chi connectivity index (χ1v) is 5.82. The van der Waals surface area contributed by atoms with Crippen LogP contribution in [0.15, 0.2) is 24.3 Å². The van der Waals surface area contributed by atoms with E-state index in [9.17, 15) is 10.1 Å². The average molecular weight is 237 g/mol. The van der Waals surface area contributed by atoms with E-state index in [0.29, 0.717) is 6.54 Å². The Bertz CT molecular complexity index is 378. The Labute approximate surface area is 101 Å². The van der Waals surface area contributed by atoms with Crippen molar-refractivity contribution in [3.8, 4) is 0 Å². The van der Waals surface area contributed by atoms with Crippen molar-refractivity contribution in [3.63, 3.8) is 0 Å². The van der Waals surface area contributed by atoms with Gasteiger partial charge in [-0.3, -0.25) is 15.0 Å². The second-order valence-corrected chi connectivity index (χ2v) is 3.82. The van der Waals surface area contributed by atoms with Crippen molar-refractivity contribution in [1.29, 1.82) is 0 Å². The molecule has 0 saturated carbocycles. The Kier molecular flexibility index (Phi) is 5.06. The number of likely N-dealkylation sites (N-methyl/N-ethyl adjacent to an activating group) is 1. The van der Waals surface area contributed by atoms with Crippen LogP contribution < -0.4 is 5.73 Å². The summed E-state index contributed by atoms with van der Waals surface area (Å²) in [4.78, 5) is 12.6. The van der Waals surface area contributed by atoms with E-state index in [1.54, 1.807) is 12.1 Å². The fourth-order valence-corrected chi connectivity index (χ4v) is 2.01. The molecule has 17 heavy (non-hydrogen) atoms. The van der Waals surface area contributed by atoms with Gasteiger partial charge in [-0.25, -0.2) is 0 Å². The molecule has 0 saturated heterocycles. The lowest BCUT2D eigenvalue weighted by molar-refractivity contribution is -0.384. The Morgan fingerprint density at radius 3 is 2.53 bits per heavy atom. The van der Waals surface area contributed by atoms with Gasteiger partial charge in [-0.05, 0) is 18.7 Å². The van der Waals surface area contributed by atoms with E-state index in [1.807, 2.05) is 6.07 Å². The molecule has 94 valence electrons. The molecule has 0 fully saturated rings. The number of rotatable bonds is 6. The number of non-ortho nitro benzene ring substituents is 1. The van der Waals surface area contributed by atoms with Crippen LogP contribution in [0.3, 0.4) is 0 Å². The number of nitro benzene ring substituents is 1. The zero-order valence-electron chi connectivity index (χ0n) is 10.3. The van der Waals surface area contributed by atoms with Crippen LogP contribution in [0.4, 0.5) is 5.69 Å². The highest BCUT2D eigenvalue weighted by molar-refractivity contribution is 5.36. The molecule has 0 heterocycles. The lowest BCUT2D eigenvalue weighted by atomic mass is 10.0. The van der Waals surface area contributed by atoms with Crippen molar-refractivity contribution >= 4 is 5.69 Å². The third-order valence-corrected chi connectivity index (χ3v) is 2.94. The molecule has 0 spiro atoms. The van der Waals surface area contributed by atoms with E-state index in [1.165, 1.54) is 6.07 Å². The summed E-state index contributed by atoms with van der Waals surface area (Å²) in [6.45, 7) is 6.33. The van der Waals surface area contributed by atoms with Gasteiger partial charge in [0.15, 0.2) is 0 Å². The van der Waals surface area contributed by atoms with Gasteiger partial charge in [0, 0.05) is 24.7 Å². The molecule has 5 heteroatoms. The first kappa shape index (κ1) is 13.6. The maximum absolute atomic E-state index is 10.7. The molecule has 1 unspecified atom stereocenters. The number of nitrogens with two attached hydrogens (primary N) is 1. The summed E-state index contributed by atoms with van der Waals surface area (Å²) in [5, 5.41) is 10.7. The molecule has 5 nitrogen and oxygen atoms in total. The number of benzene rings is 1. The first-order chi connectivity index (χ1) is 8.13. The predicted molar refractivity (Wildman–Crippen MR) is 67.8 cm³/mol. The Morgan fingerprint density at radius 2 is 2.06 bits per heavy atom. The van der Waals surface area contributed by atoms with Gasteiger partial charge in [-0.15, -0.1) is 0 Å². The Hall–Kier alpha value is -1.46. The van der Waals surface area contributed by atoms with Gasteiger partial charge in [0.2, 0.25) is 0 Å². The minimum absolute atomic E-state index is 0.0462. The minimum Gasteiger partial charge on any atom is -0.329 e. The zero-order valence-corrected chi connectivity index (χ0v) is 10.3. The monoisotopic (exact) mass is 237 g/mol. The van der Waals surface area contributed by atoms with Crippen molar-refractivity contribution in [2.24, 2.45) is 5.73 Å². The second kappa shape index (κ2) is 6.32. The number of hydrogen-bond acceptors (Lipinski definition) is 4. The summed E-state index contributed by atoms with van der Waals surface area (Å²) in [5.41, 5.74) is 6.80. The summed E-state index contributed by atoms with van der Waals surface area (Å²) >= 11 is 0. The minimum atomic E-state index is -0.376. The molecule has 0 amide bonds. The number of hydrogen-bond donors (Lipinski definition) is 1. The van der Waals surface area contributed by atoms with Crippen molar-refractivity contribution in [3.05, 3.63) is 39.9 Å². The molecule has 1 atom stereocenters. The molecule has 0 aliphatic heterocycles. The van der Waals surface area contributed by atoms with Crippen molar-refractivity contribution in [1.82, 2.24) is 4.90 Å². The van der Waals surface area contributed by atoms with E-state index in [-0.39, 0.29) is 16.7 Å². The van der Waals surface area contributed by atoms with Gasteiger partial charge in [0.1, 0.15) is 0 Å². The largest absolute Gasteiger partial charge is 0.329 e. The summed E-state index contributed by atoms with van der Waals surface area (Å²) < 4.78 is 0. The molecular weight excluding hydrogens is 218 g/mol. The van der Waals surface area contributed by atoms with Gasteiger partial charge in [-0.2, -0.15) is 0 Å². The summed E-state index contributed by atoms with van der Waals surface area (Å²) in [5.74, 6) is 0. The topological polar surface area (TPSA) is 72.4 Å². The predicted octanol–water partition coefficient (Wildman–Crippen LogP) is 1.94. The van der Waals surface area contributed by atoms with Crippen molar-refractivity contribution in [2.45, 2.75) is 19.9 Å². The Balaban J connectivity index is 3.03. The summed E-state index contributed by atoms with van der Waals surface area (Å²) in [7, 11) is 0. The van der Waals surface area contributed by atoms with Gasteiger partial charge < -0.3 is 5.73 Å². The molecule has 0 bridgehead atoms. The molecule has 1 aromatic rings. The molecule has 0 aliphatic carbocycles.